The normalized spacial score (nSPS) is 11.5. The van der Waals surface area contributed by atoms with Gasteiger partial charge in [-0.25, -0.2) is 13.8 Å². The third-order valence-electron chi connectivity index (χ3n) is 5.46. The molecule has 10 heteroatoms. The number of carbonyl (C=O) groups is 1. The first-order valence-electron chi connectivity index (χ1n) is 11.3. The van der Waals surface area contributed by atoms with Gasteiger partial charge in [0.15, 0.2) is 0 Å². The second-order valence-corrected chi connectivity index (χ2v) is 10.2. The van der Waals surface area contributed by atoms with E-state index >= 15 is 0 Å². The first-order valence-corrected chi connectivity index (χ1v) is 13.1. The van der Waals surface area contributed by atoms with Crippen molar-refractivity contribution in [2.24, 2.45) is 5.10 Å². The van der Waals surface area contributed by atoms with Crippen LogP contribution in [0.2, 0.25) is 5.02 Å². The Hall–Kier alpha value is -4.08. The number of hydrazone groups is 1. The average molecular weight is 538 g/mol. The smallest absolute Gasteiger partial charge is 0.264 e. The second kappa shape index (κ2) is 11.3. The van der Waals surface area contributed by atoms with Crippen LogP contribution in [0.4, 0.5) is 5.69 Å². The number of aromatic hydroxyl groups is 1. The standard InChI is InChI=1S/C27H24ClN3O5S/c1-2-36-22-12-10-21(11-13-22)31(37(34,35)23-14-8-20(28)9-15-23)18-27(33)30-29-17-25-24-6-4-3-5-19(24)7-16-26(25)32/h3-17,32H,2,18H2,1H3,(H,30,33)/b29-17-. The number of anilines is 1. The third kappa shape index (κ3) is 6.02. The van der Waals surface area contributed by atoms with Gasteiger partial charge in [0.05, 0.1) is 23.4 Å². The van der Waals surface area contributed by atoms with E-state index in [-0.39, 0.29) is 16.3 Å². The van der Waals surface area contributed by atoms with Crippen LogP contribution in [0.1, 0.15) is 12.5 Å². The molecular weight excluding hydrogens is 514 g/mol. The molecule has 1 amide bonds. The van der Waals surface area contributed by atoms with Crippen LogP contribution in [0, 0.1) is 0 Å². The van der Waals surface area contributed by atoms with Crippen LogP contribution in [-0.2, 0) is 14.8 Å². The third-order valence-corrected chi connectivity index (χ3v) is 7.50. The van der Waals surface area contributed by atoms with Gasteiger partial charge in [-0.05, 0) is 72.3 Å². The molecule has 0 spiro atoms. The van der Waals surface area contributed by atoms with Gasteiger partial charge < -0.3 is 9.84 Å². The number of hydrogen-bond donors (Lipinski definition) is 2. The summed E-state index contributed by atoms with van der Waals surface area (Å²) < 4.78 is 33.4. The number of carbonyl (C=O) groups excluding carboxylic acids is 1. The Morgan fingerprint density at radius 2 is 1.73 bits per heavy atom. The van der Waals surface area contributed by atoms with Crippen LogP contribution < -0.4 is 14.5 Å². The van der Waals surface area contributed by atoms with E-state index in [1.54, 1.807) is 30.3 Å². The SMILES string of the molecule is CCOc1ccc(N(CC(=O)N/N=C\c2c(O)ccc3ccccc23)S(=O)(=O)c2ccc(Cl)cc2)cc1. The number of fused-ring (bicyclic) bond motifs is 1. The molecule has 4 rings (SSSR count). The van der Waals surface area contributed by atoms with Crippen molar-refractivity contribution in [3.8, 4) is 11.5 Å². The Labute approximate surface area is 219 Å². The molecule has 0 fully saturated rings. The summed E-state index contributed by atoms with van der Waals surface area (Å²) in [5.74, 6) is -0.112. The van der Waals surface area contributed by atoms with Gasteiger partial charge in [0.25, 0.3) is 15.9 Å². The van der Waals surface area contributed by atoms with E-state index < -0.39 is 22.5 Å². The highest BCUT2D eigenvalue weighted by atomic mass is 35.5. The number of benzene rings is 4. The maximum Gasteiger partial charge on any atom is 0.264 e. The molecule has 37 heavy (non-hydrogen) atoms. The van der Waals surface area contributed by atoms with Crippen molar-refractivity contribution < 1.29 is 23.1 Å². The molecule has 4 aromatic carbocycles. The minimum Gasteiger partial charge on any atom is -0.507 e. The number of nitrogens with one attached hydrogen (secondary N) is 1. The fourth-order valence-electron chi connectivity index (χ4n) is 3.68. The van der Waals surface area contributed by atoms with Gasteiger partial charge in [0, 0.05) is 10.6 Å². The number of ether oxygens (including phenoxy) is 1. The summed E-state index contributed by atoms with van der Waals surface area (Å²) >= 11 is 5.92. The summed E-state index contributed by atoms with van der Waals surface area (Å²) in [6.07, 6.45) is 1.32. The van der Waals surface area contributed by atoms with Crippen LogP contribution in [-0.4, -0.2) is 38.8 Å². The minimum atomic E-state index is -4.12. The van der Waals surface area contributed by atoms with Gasteiger partial charge in [-0.15, -0.1) is 0 Å². The number of rotatable bonds is 9. The van der Waals surface area contributed by atoms with Gasteiger partial charge in [0.2, 0.25) is 0 Å². The van der Waals surface area contributed by atoms with Crippen molar-refractivity contribution in [1.29, 1.82) is 0 Å². The van der Waals surface area contributed by atoms with Crippen LogP contribution in [0.3, 0.4) is 0 Å². The summed E-state index contributed by atoms with van der Waals surface area (Å²) in [7, 11) is -4.12. The van der Waals surface area contributed by atoms with Gasteiger partial charge in [-0.1, -0.05) is 41.9 Å². The number of sulfonamides is 1. The van der Waals surface area contributed by atoms with Gasteiger partial charge >= 0.3 is 0 Å². The number of amides is 1. The zero-order chi connectivity index (χ0) is 26.4. The summed E-state index contributed by atoms with van der Waals surface area (Å²) in [6, 6.07) is 22.8. The number of phenolic OH excluding ortho intramolecular Hbond substituents is 1. The molecule has 0 saturated heterocycles. The van der Waals surface area contributed by atoms with E-state index in [4.69, 9.17) is 16.3 Å². The lowest BCUT2D eigenvalue weighted by Gasteiger charge is -2.24. The highest BCUT2D eigenvalue weighted by molar-refractivity contribution is 7.92. The first kappa shape index (κ1) is 26.0. The lowest BCUT2D eigenvalue weighted by molar-refractivity contribution is -0.119. The molecule has 0 atom stereocenters. The quantitative estimate of drug-likeness (QED) is 0.232. The van der Waals surface area contributed by atoms with E-state index in [0.717, 1.165) is 15.1 Å². The van der Waals surface area contributed by atoms with Crippen molar-refractivity contribution >= 4 is 50.2 Å². The fourth-order valence-corrected chi connectivity index (χ4v) is 5.23. The van der Waals surface area contributed by atoms with Gasteiger partial charge in [0.1, 0.15) is 18.0 Å². The molecule has 0 unspecified atom stereocenters. The van der Waals surface area contributed by atoms with Crippen molar-refractivity contribution in [2.75, 3.05) is 17.5 Å². The van der Waals surface area contributed by atoms with Crippen molar-refractivity contribution in [3.63, 3.8) is 0 Å². The van der Waals surface area contributed by atoms with E-state index in [9.17, 15) is 18.3 Å². The van der Waals surface area contributed by atoms with E-state index in [0.29, 0.717) is 22.9 Å². The number of hydrogen-bond acceptors (Lipinski definition) is 6. The van der Waals surface area contributed by atoms with E-state index in [2.05, 4.69) is 10.5 Å². The Morgan fingerprint density at radius 3 is 2.43 bits per heavy atom. The van der Waals surface area contributed by atoms with Crippen molar-refractivity contribution in [1.82, 2.24) is 5.43 Å². The summed E-state index contributed by atoms with van der Waals surface area (Å²) in [5, 5.41) is 16.3. The topological polar surface area (TPSA) is 108 Å². The Morgan fingerprint density at radius 1 is 1.03 bits per heavy atom. The lowest BCUT2D eigenvalue weighted by Crippen LogP contribution is -2.39. The molecule has 2 N–H and O–H groups in total. The van der Waals surface area contributed by atoms with Crippen LogP contribution in [0.15, 0.2) is 94.9 Å². The predicted octanol–water partition coefficient (Wildman–Crippen LogP) is 4.94. The summed E-state index contributed by atoms with van der Waals surface area (Å²) in [4.78, 5) is 12.8. The molecular formula is C27H24ClN3O5S. The van der Waals surface area contributed by atoms with Crippen LogP contribution in [0.25, 0.3) is 10.8 Å². The molecule has 190 valence electrons. The lowest BCUT2D eigenvalue weighted by atomic mass is 10.0. The molecule has 0 aliphatic carbocycles. The highest BCUT2D eigenvalue weighted by Crippen LogP contribution is 2.27. The number of phenols is 1. The minimum absolute atomic E-state index is 0.00182. The zero-order valence-electron chi connectivity index (χ0n) is 19.8. The van der Waals surface area contributed by atoms with Gasteiger partial charge in [-0.2, -0.15) is 5.10 Å². The molecule has 4 aromatic rings. The molecule has 0 bridgehead atoms. The maximum absolute atomic E-state index is 13.5. The average Bonchev–Trinajstić information content (AvgIpc) is 2.89. The molecule has 0 aliphatic rings. The fraction of sp³-hybridized carbons (Fsp3) is 0.111. The summed E-state index contributed by atoms with van der Waals surface area (Å²) in [5.41, 5.74) is 3.05. The predicted molar refractivity (Wildman–Crippen MR) is 145 cm³/mol. The summed E-state index contributed by atoms with van der Waals surface area (Å²) in [6.45, 7) is 1.75. The van der Waals surface area contributed by atoms with E-state index in [1.165, 1.54) is 36.5 Å². The molecule has 8 nitrogen and oxygen atoms in total. The van der Waals surface area contributed by atoms with Crippen LogP contribution >= 0.6 is 11.6 Å². The molecule has 0 heterocycles. The highest BCUT2D eigenvalue weighted by Gasteiger charge is 2.27. The Kier molecular flexibility index (Phi) is 7.95. The monoisotopic (exact) mass is 537 g/mol. The Bertz CT molecular complexity index is 1540. The zero-order valence-corrected chi connectivity index (χ0v) is 21.4. The van der Waals surface area contributed by atoms with Crippen molar-refractivity contribution in [2.45, 2.75) is 11.8 Å². The molecule has 0 radical (unpaired) electrons. The first-order chi connectivity index (χ1) is 17.8. The number of halogens is 1. The van der Waals surface area contributed by atoms with E-state index in [1.807, 2.05) is 31.2 Å². The van der Waals surface area contributed by atoms with Crippen molar-refractivity contribution in [3.05, 3.63) is 95.5 Å². The Balaban J connectivity index is 1.59. The maximum atomic E-state index is 13.5. The molecule has 0 saturated carbocycles. The second-order valence-electron chi connectivity index (χ2n) is 7.91. The molecule has 0 aliphatic heterocycles. The number of nitrogens with zero attached hydrogens (tertiary/aromatic N) is 2. The van der Waals surface area contributed by atoms with Gasteiger partial charge in [-0.3, -0.25) is 9.10 Å². The molecule has 0 aromatic heterocycles. The largest absolute Gasteiger partial charge is 0.507 e. The van der Waals surface area contributed by atoms with Crippen LogP contribution in [0.5, 0.6) is 11.5 Å².